The quantitative estimate of drug-likeness (QED) is 0.814. The third-order valence-corrected chi connectivity index (χ3v) is 3.96. The molecular weight excluding hydrogens is 296 g/mol. The van der Waals surface area contributed by atoms with Crippen LogP contribution in [0.4, 0.5) is 5.69 Å². The molecule has 1 aromatic carbocycles. The van der Waals surface area contributed by atoms with E-state index in [0.29, 0.717) is 16.6 Å². The summed E-state index contributed by atoms with van der Waals surface area (Å²) in [4.78, 5) is 23.3. The van der Waals surface area contributed by atoms with E-state index in [1.807, 2.05) is 6.92 Å². The summed E-state index contributed by atoms with van der Waals surface area (Å²) >= 11 is 6.09. The summed E-state index contributed by atoms with van der Waals surface area (Å²) in [7, 11) is 0. The van der Waals surface area contributed by atoms with E-state index in [-0.39, 0.29) is 18.2 Å². The summed E-state index contributed by atoms with van der Waals surface area (Å²) in [6, 6.07) is 7.08. The molecule has 20 heavy (non-hydrogen) atoms. The van der Waals surface area contributed by atoms with Crippen molar-refractivity contribution in [3.63, 3.8) is 0 Å². The molecule has 1 aliphatic rings. The maximum Gasteiger partial charge on any atom is 0.239 e. The Bertz CT molecular complexity index is 531. The van der Waals surface area contributed by atoms with Gasteiger partial charge in [0, 0.05) is 12.1 Å². The minimum atomic E-state index is -0.440. The van der Waals surface area contributed by atoms with Gasteiger partial charge in [0.25, 0.3) is 0 Å². The molecule has 1 aliphatic heterocycles. The van der Waals surface area contributed by atoms with Crippen LogP contribution in [0.3, 0.4) is 0 Å². The van der Waals surface area contributed by atoms with E-state index in [1.54, 1.807) is 24.3 Å². The highest BCUT2D eigenvalue weighted by atomic mass is 32.2. The summed E-state index contributed by atoms with van der Waals surface area (Å²) in [5.74, 6) is 0.329. The van der Waals surface area contributed by atoms with Crippen LogP contribution < -0.4 is 15.4 Å². The highest BCUT2D eigenvalue weighted by molar-refractivity contribution is 8.24. The van der Waals surface area contributed by atoms with Crippen molar-refractivity contribution >= 4 is 45.8 Å². The molecule has 0 unspecified atom stereocenters. The molecule has 1 fully saturated rings. The Labute approximate surface area is 126 Å². The molecule has 1 heterocycles. The molecular formula is C13H14N2O3S2. The van der Waals surface area contributed by atoms with Crippen LogP contribution in [-0.4, -0.2) is 28.0 Å². The first-order valence-corrected chi connectivity index (χ1v) is 7.41. The number of thiocarbonyl (C=S) groups is 1. The van der Waals surface area contributed by atoms with Gasteiger partial charge in [-0.25, -0.2) is 0 Å². The fourth-order valence-corrected chi connectivity index (χ4v) is 2.98. The van der Waals surface area contributed by atoms with E-state index in [9.17, 15) is 9.59 Å². The van der Waals surface area contributed by atoms with Crippen molar-refractivity contribution in [1.29, 1.82) is 0 Å². The van der Waals surface area contributed by atoms with Crippen LogP contribution in [0, 0.1) is 0 Å². The molecule has 0 saturated carbocycles. The summed E-state index contributed by atoms with van der Waals surface area (Å²) in [5, 5.41) is 4.82. The topological polar surface area (TPSA) is 67.4 Å². The number of hydrogen-bond acceptors (Lipinski definition) is 5. The van der Waals surface area contributed by atoms with E-state index in [1.165, 1.54) is 11.8 Å². The first-order chi connectivity index (χ1) is 9.58. The molecule has 5 nitrogen and oxygen atoms in total. The van der Waals surface area contributed by atoms with Gasteiger partial charge in [0.2, 0.25) is 11.8 Å². The lowest BCUT2D eigenvalue weighted by Crippen LogP contribution is -2.27. The average Bonchev–Trinajstić information content (AvgIpc) is 2.70. The van der Waals surface area contributed by atoms with E-state index < -0.39 is 5.25 Å². The van der Waals surface area contributed by atoms with Crippen molar-refractivity contribution in [2.75, 3.05) is 11.9 Å². The molecule has 0 aliphatic carbocycles. The minimum absolute atomic E-state index is 0.101. The molecule has 1 saturated heterocycles. The molecule has 2 N–H and O–H groups in total. The maximum absolute atomic E-state index is 11.9. The zero-order valence-electron chi connectivity index (χ0n) is 10.8. The largest absolute Gasteiger partial charge is 0.494 e. The number of ether oxygens (including phenoxy) is 1. The van der Waals surface area contributed by atoms with Gasteiger partial charge in [0.15, 0.2) is 0 Å². The number of amides is 2. The summed E-state index contributed by atoms with van der Waals surface area (Å²) in [6.45, 7) is 2.50. The van der Waals surface area contributed by atoms with Crippen LogP contribution in [0.15, 0.2) is 24.3 Å². The Hall–Kier alpha value is -1.60. The predicted molar refractivity (Wildman–Crippen MR) is 83.0 cm³/mol. The Morgan fingerprint density at radius 3 is 2.70 bits per heavy atom. The van der Waals surface area contributed by atoms with Crippen LogP contribution in [0.2, 0.25) is 0 Å². The third kappa shape index (κ3) is 3.94. The van der Waals surface area contributed by atoms with Gasteiger partial charge >= 0.3 is 0 Å². The molecule has 0 aromatic heterocycles. The van der Waals surface area contributed by atoms with Crippen LogP contribution in [0.1, 0.15) is 13.3 Å². The molecule has 7 heteroatoms. The van der Waals surface area contributed by atoms with Gasteiger partial charge < -0.3 is 15.4 Å². The van der Waals surface area contributed by atoms with Gasteiger partial charge in [-0.3, -0.25) is 9.59 Å². The monoisotopic (exact) mass is 310 g/mol. The smallest absolute Gasteiger partial charge is 0.239 e. The van der Waals surface area contributed by atoms with Gasteiger partial charge in [-0.2, -0.15) is 0 Å². The molecule has 0 radical (unpaired) electrons. The molecule has 1 atom stereocenters. The zero-order chi connectivity index (χ0) is 14.5. The Morgan fingerprint density at radius 1 is 1.45 bits per heavy atom. The molecule has 2 amide bonds. The molecule has 2 rings (SSSR count). The van der Waals surface area contributed by atoms with Gasteiger partial charge in [0.05, 0.1) is 11.9 Å². The number of hydrogen-bond donors (Lipinski definition) is 2. The lowest BCUT2D eigenvalue weighted by atomic mass is 10.2. The van der Waals surface area contributed by atoms with Crippen LogP contribution in [0.25, 0.3) is 0 Å². The second kappa shape index (κ2) is 6.71. The normalized spacial score (nSPS) is 17.8. The summed E-state index contributed by atoms with van der Waals surface area (Å²) < 4.78 is 5.74. The number of benzene rings is 1. The molecule has 0 bridgehead atoms. The standard InChI is InChI=1S/C13H14N2O3S2/c1-2-18-9-5-3-8(4-6-9)14-11(16)7-10-12(17)15-13(19)20-10/h3-6,10H,2,7H2,1H3,(H,14,16)(H,15,17,19)/t10-/m1/s1. The Kier molecular flexibility index (Phi) is 4.97. The SMILES string of the molecule is CCOc1ccc(NC(=O)C[C@H]2SC(=S)NC2=O)cc1. The highest BCUT2D eigenvalue weighted by Gasteiger charge is 2.30. The van der Waals surface area contributed by atoms with Crippen molar-refractivity contribution in [1.82, 2.24) is 5.32 Å². The number of rotatable bonds is 5. The van der Waals surface area contributed by atoms with Crippen molar-refractivity contribution in [3.8, 4) is 5.75 Å². The number of anilines is 1. The van der Waals surface area contributed by atoms with E-state index >= 15 is 0 Å². The first kappa shape index (κ1) is 14.8. The number of thioether (sulfide) groups is 1. The Balaban J connectivity index is 1.88. The van der Waals surface area contributed by atoms with Crippen molar-refractivity contribution < 1.29 is 14.3 Å². The summed E-state index contributed by atoms with van der Waals surface area (Å²) in [5.41, 5.74) is 0.671. The van der Waals surface area contributed by atoms with Crippen molar-refractivity contribution in [2.24, 2.45) is 0 Å². The second-order valence-electron chi connectivity index (χ2n) is 4.09. The van der Waals surface area contributed by atoms with E-state index in [0.717, 1.165) is 5.75 Å². The van der Waals surface area contributed by atoms with Crippen LogP contribution in [0.5, 0.6) is 5.75 Å². The predicted octanol–water partition coefficient (Wildman–Crippen LogP) is 1.93. The lowest BCUT2D eigenvalue weighted by molar-refractivity contribution is -0.122. The van der Waals surface area contributed by atoms with Crippen molar-refractivity contribution in [3.05, 3.63) is 24.3 Å². The zero-order valence-corrected chi connectivity index (χ0v) is 12.5. The van der Waals surface area contributed by atoms with E-state index in [4.69, 9.17) is 17.0 Å². The number of carbonyl (C=O) groups excluding carboxylic acids is 2. The fraction of sp³-hybridized carbons (Fsp3) is 0.308. The highest BCUT2D eigenvalue weighted by Crippen LogP contribution is 2.23. The summed E-state index contributed by atoms with van der Waals surface area (Å²) in [6.07, 6.45) is 0.101. The Morgan fingerprint density at radius 2 is 2.15 bits per heavy atom. The van der Waals surface area contributed by atoms with Crippen LogP contribution in [-0.2, 0) is 9.59 Å². The molecule has 0 spiro atoms. The fourth-order valence-electron chi connectivity index (χ4n) is 1.71. The van der Waals surface area contributed by atoms with Gasteiger partial charge in [-0.05, 0) is 31.2 Å². The molecule has 106 valence electrons. The third-order valence-electron chi connectivity index (χ3n) is 2.59. The van der Waals surface area contributed by atoms with Crippen molar-refractivity contribution in [2.45, 2.75) is 18.6 Å². The minimum Gasteiger partial charge on any atom is -0.494 e. The van der Waals surface area contributed by atoms with E-state index in [2.05, 4.69) is 10.6 Å². The average molecular weight is 310 g/mol. The maximum atomic E-state index is 11.9. The van der Waals surface area contributed by atoms with Gasteiger partial charge in [0.1, 0.15) is 10.1 Å². The molecule has 1 aromatic rings. The van der Waals surface area contributed by atoms with Gasteiger partial charge in [-0.1, -0.05) is 24.0 Å². The number of nitrogens with one attached hydrogen (secondary N) is 2. The first-order valence-electron chi connectivity index (χ1n) is 6.12. The number of carbonyl (C=O) groups is 2. The van der Waals surface area contributed by atoms with Gasteiger partial charge in [-0.15, -0.1) is 0 Å². The second-order valence-corrected chi connectivity index (χ2v) is 5.97. The lowest BCUT2D eigenvalue weighted by Gasteiger charge is -2.08. The van der Waals surface area contributed by atoms with Crippen LogP contribution >= 0.6 is 24.0 Å².